The lowest BCUT2D eigenvalue weighted by atomic mass is 10.0. The van der Waals surface area contributed by atoms with Crippen molar-refractivity contribution >= 4 is 11.8 Å². The Morgan fingerprint density at radius 2 is 2.12 bits per heavy atom. The molecule has 0 radical (unpaired) electrons. The van der Waals surface area contributed by atoms with Gasteiger partial charge in [0.15, 0.2) is 0 Å². The molecular formula is C12H21N3O2. The number of nitrogens with zero attached hydrogens (tertiary/aromatic N) is 2. The van der Waals surface area contributed by atoms with Gasteiger partial charge in [-0.05, 0) is 33.4 Å². The van der Waals surface area contributed by atoms with E-state index in [1.807, 2.05) is 19.0 Å². The van der Waals surface area contributed by atoms with E-state index in [2.05, 4.69) is 0 Å². The summed E-state index contributed by atoms with van der Waals surface area (Å²) >= 11 is 0. The zero-order valence-electron chi connectivity index (χ0n) is 10.6. The number of hydrogen-bond donors (Lipinski definition) is 1. The molecule has 0 bridgehead atoms. The van der Waals surface area contributed by atoms with Crippen LogP contribution in [0.5, 0.6) is 0 Å². The van der Waals surface area contributed by atoms with E-state index in [1.54, 1.807) is 11.0 Å². The highest BCUT2D eigenvalue weighted by atomic mass is 16.2. The van der Waals surface area contributed by atoms with Crippen LogP contribution in [-0.4, -0.2) is 54.8 Å². The van der Waals surface area contributed by atoms with E-state index in [9.17, 15) is 9.59 Å². The number of amides is 2. The van der Waals surface area contributed by atoms with Gasteiger partial charge in [0.2, 0.25) is 11.8 Å². The van der Waals surface area contributed by atoms with Gasteiger partial charge in [-0.2, -0.15) is 0 Å². The van der Waals surface area contributed by atoms with Crippen LogP contribution < -0.4 is 5.73 Å². The third-order valence-corrected chi connectivity index (χ3v) is 2.85. The van der Waals surface area contributed by atoms with Crippen molar-refractivity contribution in [2.75, 3.05) is 27.2 Å². The van der Waals surface area contributed by atoms with Crippen LogP contribution in [0.2, 0.25) is 0 Å². The molecule has 0 aliphatic carbocycles. The van der Waals surface area contributed by atoms with Crippen molar-refractivity contribution < 1.29 is 9.59 Å². The third-order valence-electron chi connectivity index (χ3n) is 2.85. The molecule has 0 aromatic rings. The summed E-state index contributed by atoms with van der Waals surface area (Å²) in [6, 6.07) is -0.430. The summed E-state index contributed by atoms with van der Waals surface area (Å²) in [6.45, 7) is 1.33. The van der Waals surface area contributed by atoms with Gasteiger partial charge in [-0.15, -0.1) is 0 Å². The summed E-state index contributed by atoms with van der Waals surface area (Å²) in [5, 5.41) is 0. The average molecular weight is 239 g/mol. The number of carbonyl (C=O) groups excluding carboxylic acids is 2. The Kier molecular flexibility index (Phi) is 5.15. The van der Waals surface area contributed by atoms with E-state index >= 15 is 0 Å². The van der Waals surface area contributed by atoms with Crippen molar-refractivity contribution in [3.8, 4) is 0 Å². The summed E-state index contributed by atoms with van der Waals surface area (Å²) < 4.78 is 0. The van der Waals surface area contributed by atoms with Crippen molar-refractivity contribution in [2.24, 2.45) is 5.73 Å². The molecule has 1 heterocycles. The molecule has 0 saturated carbocycles. The quantitative estimate of drug-likeness (QED) is 0.701. The van der Waals surface area contributed by atoms with Gasteiger partial charge >= 0.3 is 0 Å². The van der Waals surface area contributed by atoms with E-state index in [0.29, 0.717) is 19.5 Å². The SMILES string of the molecule is CN(C)C/C=C/C(=O)N1CCCCC1C(N)=O. The average Bonchev–Trinajstić information content (AvgIpc) is 2.28. The molecule has 5 heteroatoms. The standard InChI is InChI=1S/C12H21N3O2/c1-14(2)8-5-7-11(16)15-9-4-3-6-10(15)12(13)17/h5,7,10H,3-4,6,8-9H2,1-2H3,(H2,13,17)/b7-5+. The zero-order chi connectivity index (χ0) is 12.8. The van der Waals surface area contributed by atoms with Crippen molar-refractivity contribution in [3.63, 3.8) is 0 Å². The Hall–Kier alpha value is -1.36. The Bertz CT molecular complexity index is 313. The first-order valence-corrected chi connectivity index (χ1v) is 5.93. The highest BCUT2D eigenvalue weighted by Gasteiger charge is 2.29. The number of primary amides is 1. The molecule has 1 rings (SSSR count). The van der Waals surface area contributed by atoms with Crippen molar-refractivity contribution in [1.82, 2.24) is 9.80 Å². The lowest BCUT2D eigenvalue weighted by Crippen LogP contribution is -2.50. The van der Waals surface area contributed by atoms with E-state index in [-0.39, 0.29) is 5.91 Å². The summed E-state index contributed by atoms with van der Waals surface area (Å²) in [7, 11) is 3.86. The Balaban J connectivity index is 2.59. The van der Waals surface area contributed by atoms with Gasteiger partial charge in [-0.25, -0.2) is 0 Å². The monoisotopic (exact) mass is 239 g/mol. The molecule has 1 unspecified atom stereocenters. The topological polar surface area (TPSA) is 66.6 Å². The first-order chi connectivity index (χ1) is 8.02. The molecule has 2 N–H and O–H groups in total. The number of nitrogens with two attached hydrogens (primary N) is 1. The van der Waals surface area contributed by atoms with Crippen LogP contribution in [-0.2, 0) is 9.59 Å². The van der Waals surface area contributed by atoms with Crippen LogP contribution in [0, 0.1) is 0 Å². The zero-order valence-corrected chi connectivity index (χ0v) is 10.6. The summed E-state index contributed by atoms with van der Waals surface area (Å²) in [4.78, 5) is 26.7. The second-order valence-corrected chi connectivity index (χ2v) is 4.61. The first-order valence-electron chi connectivity index (χ1n) is 5.93. The molecule has 96 valence electrons. The number of likely N-dealkylation sites (tertiary alicyclic amines) is 1. The smallest absolute Gasteiger partial charge is 0.246 e. The predicted molar refractivity (Wildman–Crippen MR) is 66.2 cm³/mol. The van der Waals surface area contributed by atoms with Crippen molar-refractivity contribution in [2.45, 2.75) is 25.3 Å². The van der Waals surface area contributed by atoms with Gasteiger partial charge in [-0.1, -0.05) is 6.08 Å². The minimum Gasteiger partial charge on any atom is -0.368 e. The van der Waals surface area contributed by atoms with Gasteiger partial charge in [0.05, 0.1) is 0 Å². The number of likely N-dealkylation sites (N-methyl/N-ethyl adjacent to an activating group) is 1. The molecule has 17 heavy (non-hydrogen) atoms. The molecule has 1 atom stereocenters. The fourth-order valence-electron chi connectivity index (χ4n) is 1.95. The van der Waals surface area contributed by atoms with Gasteiger partial charge in [0.25, 0.3) is 0 Å². The predicted octanol–water partition coefficient (Wildman–Crippen LogP) is -0.0294. The molecule has 1 fully saturated rings. The van der Waals surface area contributed by atoms with Crippen LogP contribution in [0.3, 0.4) is 0 Å². The molecule has 1 aliphatic heterocycles. The number of hydrogen-bond acceptors (Lipinski definition) is 3. The highest BCUT2D eigenvalue weighted by Crippen LogP contribution is 2.17. The molecular weight excluding hydrogens is 218 g/mol. The molecule has 0 aromatic carbocycles. The molecule has 1 aliphatic rings. The normalized spacial score (nSPS) is 21.1. The molecule has 1 saturated heterocycles. The number of rotatable bonds is 4. The van der Waals surface area contributed by atoms with Gasteiger partial charge in [-0.3, -0.25) is 9.59 Å². The van der Waals surface area contributed by atoms with E-state index in [0.717, 1.165) is 12.8 Å². The minimum absolute atomic E-state index is 0.115. The number of carbonyl (C=O) groups is 2. The Morgan fingerprint density at radius 3 is 2.71 bits per heavy atom. The van der Waals surface area contributed by atoms with Crippen LogP contribution in [0.1, 0.15) is 19.3 Å². The summed E-state index contributed by atoms with van der Waals surface area (Å²) in [5.41, 5.74) is 5.31. The van der Waals surface area contributed by atoms with Crippen LogP contribution in [0.4, 0.5) is 0 Å². The first kappa shape index (κ1) is 13.7. The molecule has 0 spiro atoms. The maximum atomic E-state index is 11.9. The Morgan fingerprint density at radius 1 is 1.41 bits per heavy atom. The largest absolute Gasteiger partial charge is 0.368 e. The molecule has 5 nitrogen and oxygen atoms in total. The maximum absolute atomic E-state index is 11.9. The number of piperidine rings is 1. The van der Waals surface area contributed by atoms with E-state index in [1.165, 1.54) is 6.08 Å². The summed E-state index contributed by atoms with van der Waals surface area (Å²) in [5.74, 6) is -0.519. The van der Waals surface area contributed by atoms with Gasteiger partial charge < -0.3 is 15.5 Å². The van der Waals surface area contributed by atoms with E-state index < -0.39 is 11.9 Å². The second kappa shape index (κ2) is 6.39. The highest BCUT2D eigenvalue weighted by molar-refractivity contribution is 5.92. The third kappa shape index (κ3) is 4.19. The van der Waals surface area contributed by atoms with Crippen molar-refractivity contribution in [1.29, 1.82) is 0 Å². The van der Waals surface area contributed by atoms with Gasteiger partial charge in [0, 0.05) is 19.2 Å². The molecule has 0 aromatic heterocycles. The van der Waals surface area contributed by atoms with Crippen LogP contribution in [0.15, 0.2) is 12.2 Å². The van der Waals surface area contributed by atoms with Crippen LogP contribution in [0.25, 0.3) is 0 Å². The minimum atomic E-state index is -0.430. The summed E-state index contributed by atoms with van der Waals surface area (Å²) in [6.07, 6.45) is 5.91. The van der Waals surface area contributed by atoms with Crippen LogP contribution >= 0.6 is 0 Å². The molecule has 2 amide bonds. The Labute approximate surface area is 102 Å². The van der Waals surface area contributed by atoms with Gasteiger partial charge in [0.1, 0.15) is 6.04 Å². The lowest BCUT2D eigenvalue weighted by molar-refractivity contribution is -0.137. The lowest BCUT2D eigenvalue weighted by Gasteiger charge is -2.32. The second-order valence-electron chi connectivity index (χ2n) is 4.61. The maximum Gasteiger partial charge on any atom is 0.246 e. The fraction of sp³-hybridized carbons (Fsp3) is 0.667. The fourth-order valence-corrected chi connectivity index (χ4v) is 1.95. The van der Waals surface area contributed by atoms with Crippen molar-refractivity contribution in [3.05, 3.63) is 12.2 Å². The van der Waals surface area contributed by atoms with E-state index in [4.69, 9.17) is 5.73 Å².